The first-order valence-corrected chi connectivity index (χ1v) is 9.33. The van der Waals surface area contributed by atoms with Crippen molar-refractivity contribution in [2.75, 3.05) is 4.90 Å². The Hall–Kier alpha value is -4.27. The molecule has 156 valence electrons. The Morgan fingerprint density at radius 2 is 1.74 bits per heavy atom. The summed E-state index contributed by atoms with van der Waals surface area (Å²) < 4.78 is 5.07. The van der Waals surface area contributed by atoms with Crippen molar-refractivity contribution < 1.29 is 24.1 Å². The van der Waals surface area contributed by atoms with Crippen LogP contribution in [0.1, 0.15) is 28.5 Å². The lowest BCUT2D eigenvalue weighted by atomic mass is 9.95. The number of aliphatic hydroxyl groups is 1. The summed E-state index contributed by atoms with van der Waals surface area (Å²) in [4.78, 5) is 37.5. The molecule has 1 amide bonds. The minimum atomic E-state index is -1.04. The molecule has 9 heteroatoms. The van der Waals surface area contributed by atoms with Gasteiger partial charge in [0.15, 0.2) is 5.82 Å². The highest BCUT2D eigenvalue weighted by molar-refractivity contribution is 6.51. The van der Waals surface area contributed by atoms with E-state index in [1.54, 1.807) is 31.2 Å². The van der Waals surface area contributed by atoms with Gasteiger partial charge in [-0.2, -0.15) is 0 Å². The van der Waals surface area contributed by atoms with Crippen LogP contribution in [0.3, 0.4) is 0 Å². The van der Waals surface area contributed by atoms with Gasteiger partial charge in [0, 0.05) is 23.8 Å². The van der Waals surface area contributed by atoms with Crippen molar-refractivity contribution in [1.82, 2.24) is 5.16 Å². The average Bonchev–Trinajstić information content (AvgIpc) is 3.29. The number of nitrogens with zero attached hydrogens (tertiary/aromatic N) is 3. The zero-order chi connectivity index (χ0) is 22.3. The Bertz CT molecular complexity index is 1220. The van der Waals surface area contributed by atoms with E-state index in [4.69, 9.17) is 4.52 Å². The van der Waals surface area contributed by atoms with Crippen LogP contribution >= 0.6 is 0 Å². The van der Waals surface area contributed by atoms with Crippen molar-refractivity contribution in [3.8, 4) is 0 Å². The van der Waals surface area contributed by atoms with E-state index >= 15 is 0 Å². The van der Waals surface area contributed by atoms with Gasteiger partial charge in [0.2, 0.25) is 0 Å². The molecular weight excluding hydrogens is 402 g/mol. The molecule has 1 aliphatic heterocycles. The van der Waals surface area contributed by atoms with Gasteiger partial charge in [0.1, 0.15) is 11.5 Å². The molecule has 1 fully saturated rings. The minimum absolute atomic E-state index is 0.103. The highest BCUT2D eigenvalue weighted by atomic mass is 16.6. The fraction of sp³-hybridized carbons (Fsp3) is 0.136. The molecule has 1 N–H and O–H groups in total. The van der Waals surface area contributed by atoms with E-state index in [0.29, 0.717) is 16.9 Å². The molecule has 4 rings (SSSR count). The Kier molecular flexibility index (Phi) is 4.86. The summed E-state index contributed by atoms with van der Waals surface area (Å²) in [5, 5.41) is 25.8. The number of aliphatic hydroxyl groups excluding tert-OH is 1. The van der Waals surface area contributed by atoms with Crippen LogP contribution in [0.2, 0.25) is 0 Å². The van der Waals surface area contributed by atoms with Crippen molar-refractivity contribution in [1.29, 1.82) is 0 Å². The number of carbonyl (C=O) groups excluding carboxylic acids is 2. The van der Waals surface area contributed by atoms with E-state index in [9.17, 15) is 24.8 Å². The van der Waals surface area contributed by atoms with Gasteiger partial charge in [-0.1, -0.05) is 35.0 Å². The molecule has 31 heavy (non-hydrogen) atoms. The van der Waals surface area contributed by atoms with Crippen LogP contribution in [0.15, 0.2) is 64.7 Å². The first-order chi connectivity index (χ1) is 14.8. The summed E-state index contributed by atoms with van der Waals surface area (Å²) in [6.07, 6.45) is 0. The molecule has 1 aromatic heterocycles. The second-order valence-electron chi connectivity index (χ2n) is 7.18. The molecular formula is C22H17N3O6. The van der Waals surface area contributed by atoms with Crippen LogP contribution in [0.25, 0.3) is 5.76 Å². The second kappa shape index (κ2) is 7.52. The number of ketones is 1. The van der Waals surface area contributed by atoms with Gasteiger partial charge in [-0.25, -0.2) is 0 Å². The average molecular weight is 419 g/mol. The number of nitro groups is 1. The molecule has 0 spiro atoms. The molecule has 2 heterocycles. The predicted molar refractivity (Wildman–Crippen MR) is 110 cm³/mol. The third-order valence-corrected chi connectivity index (χ3v) is 5.05. The van der Waals surface area contributed by atoms with Crippen LogP contribution in [0, 0.1) is 24.0 Å². The van der Waals surface area contributed by atoms with Crippen LogP contribution < -0.4 is 4.90 Å². The van der Waals surface area contributed by atoms with Gasteiger partial charge in [-0.3, -0.25) is 24.6 Å². The Morgan fingerprint density at radius 3 is 2.29 bits per heavy atom. The molecule has 9 nitrogen and oxygen atoms in total. The van der Waals surface area contributed by atoms with Crippen LogP contribution in [-0.2, 0) is 9.59 Å². The summed E-state index contributed by atoms with van der Waals surface area (Å²) in [5.41, 5.74) is 1.45. The third-order valence-electron chi connectivity index (χ3n) is 5.05. The van der Waals surface area contributed by atoms with E-state index in [-0.39, 0.29) is 22.8 Å². The third kappa shape index (κ3) is 3.46. The van der Waals surface area contributed by atoms with Crippen molar-refractivity contribution in [2.45, 2.75) is 19.9 Å². The highest BCUT2D eigenvalue weighted by Gasteiger charge is 2.48. The van der Waals surface area contributed by atoms with Gasteiger partial charge in [-0.15, -0.1) is 0 Å². The summed E-state index contributed by atoms with van der Waals surface area (Å²) in [5.74, 6) is -1.58. The normalized spacial score (nSPS) is 17.9. The quantitative estimate of drug-likeness (QED) is 0.224. The number of anilines is 1. The number of benzene rings is 2. The van der Waals surface area contributed by atoms with Crippen molar-refractivity contribution in [3.05, 3.63) is 92.7 Å². The number of Topliss-reactive ketones (excluding diaryl/α,β-unsaturated/α-hetero) is 1. The number of hydrogen-bond donors (Lipinski definition) is 1. The van der Waals surface area contributed by atoms with Crippen LogP contribution in [0.5, 0.6) is 0 Å². The number of hydrogen-bond acceptors (Lipinski definition) is 7. The van der Waals surface area contributed by atoms with Gasteiger partial charge in [0.05, 0.1) is 16.5 Å². The molecule has 2 aromatic carbocycles. The predicted octanol–water partition coefficient (Wildman–Crippen LogP) is 3.83. The standard InChI is InChI=1S/C22H17N3O6/c1-12-3-5-15(6-4-12)20(26)18-19(14-7-9-16(10-8-14)25(29)30)24(22(28)21(18)27)17-11-13(2)31-23-17/h3-11,19,26H,1-2H3/b20-18-. The maximum absolute atomic E-state index is 13.0. The molecule has 0 aliphatic carbocycles. The molecule has 1 atom stereocenters. The number of rotatable bonds is 4. The molecule has 0 radical (unpaired) electrons. The summed E-state index contributed by atoms with van der Waals surface area (Å²) in [6.45, 7) is 3.52. The van der Waals surface area contributed by atoms with E-state index in [1.165, 1.54) is 30.3 Å². The monoisotopic (exact) mass is 419 g/mol. The molecule has 0 bridgehead atoms. The topological polar surface area (TPSA) is 127 Å². The number of carbonyl (C=O) groups is 2. The zero-order valence-corrected chi connectivity index (χ0v) is 16.6. The Labute approximate surface area is 176 Å². The van der Waals surface area contributed by atoms with Gasteiger partial charge >= 0.3 is 5.91 Å². The van der Waals surface area contributed by atoms with Gasteiger partial charge in [-0.05, 0) is 31.5 Å². The molecule has 1 saturated heterocycles. The minimum Gasteiger partial charge on any atom is -0.507 e. The maximum atomic E-state index is 13.0. The number of aromatic nitrogens is 1. The molecule has 3 aromatic rings. The van der Waals surface area contributed by atoms with E-state index in [1.807, 2.05) is 6.92 Å². The van der Waals surface area contributed by atoms with Crippen LogP contribution in [0.4, 0.5) is 11.5 Å². The smallest absolute Gasteiger partial charge is 0.301 e. The SMILES string of the molecule is Cc1ccc(/C(O)=C2/C(=O)C(=O)N(c3cc(C)on3)C2c2ccc([N+](=O)[O-])cc2)cc1. The van der Waals surface area contributed by atoms with Gasteiger partial charge < -0.3 is 9.63 Å². The largest absolute Gasteiger partial charge is 0.507 e. The van der Waals surface area contributed by atoms with Crippen molar-refractivity contribution >= 4 is 29.0 Å². The fourth-order valence-corrected chi connectivity index (χ4v) is 3.50. The number of amides is 1. The summed E-state index contributed by atoms with van der Waals surface area (Å²) >= 11 is 0. The van der Waals surface area contributed by atoms with E-state index in [0.717, 1.165) is 10.5 Å². The molecule has 0 saturated carbocycles. The zero-order valence-electron chi connectivity index (χ0n) is 16.6. The number of nitro benzene ring substituents is 1. The molecule has 1 unspecified atom stereocenters. The van der Waals surface area contributed by atoms with Gasteiger partial charge in [0.25, 0.3) is 11.5 Å². The lowest BCUT2D eigenvalue weighted by Crippen LogP contribution is -2.29. The summed E-state index contributed by atoms with van der Waals surface area (Å²) in [6, 6.07) is 12.7. The van der Waals surface area contributed by atoms with Crippen molar-refractivity contribution in [3.63, 3.8) is 0 Å². The van der Waals surface area contributed by atoms with E-state index in [2.05, 4.69) is 5.16 Å². The van der Waals surface area contributed by atoms with Crippen LogP contribution in [-0.4, -0.2) is 26.9 Å². The fourth-order valence-electron chi connectivity index (χ4n) is 3.50. The summed E-state index contributed by atoms with van der Waals surface area (Å²) in [7, 11) is 0. The van der Waals surface area contributed by atoms with Crippen molar-refractivity contribution in [2.24, 2.45) is 0 Å². The number of aryl methyl sites for hydroxylation is 2. The lowest BCUT2D eigenvalue weighted by Gasteiger charge is -2.22. The first-order valence-electron chi connectivity index (χ1n) is 9.33. The van der Waals surface area contributed by atoms with E-state index < -0.39 is 22.7 Å². The lowest BCUT2D eigenvalue weighted by molar-refractivity contribution is -0.384. The number of non-ortho nitro benzene ring substituents is 1. The Balaban J connectivity index is 1.92. The maximum Gasteiger partial charge on any atom is 0.301 e. The molecule has 1 aliphatic rings. The Morgan fingerprint density at radius 1 is 1.10 bits per heavy atom. The second-order valence-corrected chi connectivity index (χ2v) is 7.18. The first kappa shape index (κ1) is 20.0. The highest BCUT2D eigenvalue weighted by Crippen LogP contribution is 2.42.